The number of likely N-dealkylation sites (N-methyl/N-ethyl adjacent to an activating group) is 1. The van der Waals surface area contributed by atoms with Crippen LogP contribution in [0.5, 0.6) is 0 Å². The van der Waals surface area contributed by atoms with Crippen molar-refractivity contribution in [2.75, 3.05) is 26.2 Å². The first-order valence-electron chi connectivity index (χ1n) is 7.40. The molecule has 0 aromatic carbocycles. The summed E-state index contributed by atoms with van der Waals surface area (Å²) in [6.45, 7) is 8.33. The van der Waals surface area contributed by atoms with E-state index in [-0.39, 0.29) is 18.4 Å². The van der Waals surface area contributed by atoms with Gasteiger partial charge < -0.3 is 15.5 Å². The predicted molar refractivity (Wildman–Crippen MR) is 75.8 cm³/mol. The smallest absolute Gasteiger partial charge is 0.241 e. The van der Waals surface area contributed by atoms with Gasteiger partial charge in [-0.25, -0.2) is 0 Å². The van der Waals surface area contributed by atoms with Crippen LogP contribution in [-0.4, -0.2) is 48.4 Å². The normalized spacial score (nSPS) is 22.3. The Hall–Kier alpha value is -1.10. The summed E-state index contributed by atoms with van der Waals surface area (Å²) in [6, 6.07) is 0. The van der Waals surface area contributed by atoms with Crippen molar-refractivity contribution in [2.24, 2.45) is 0 Å². The minimum Gasteiger partial charge on any atom is -0.345 e. The topological polar surface area (TPSA) is 61.4 Å². The molecule has 0 bridgehead atoms. The molecule has 1 saturated heterocycles. The summed E-state index contributed by atoms with van der Waals surface area (Å²) in [7, 11) is 0. The van der Waals surface area contributed by atoms with Crippen LogP contribution in [0.1, 0.15) is 46.5 Å². The summed E-state index contributed by atoms with van der Waals surface area (Å²) in [5.41, 5.74) is -0.446. The van der Waals surface area contributed by atoms with Crippen LogP contribution in [0.2, 0.25) is 0 Å². The average molecular weight is 269 g/mol. The number of rotatable bonds is 7. The lowest BCUT2D eigenvalue weighted by Gasteiger charge is -2.28. The van der Waals surface area contributed by atoms with Crippen LogP contribution in [0.4, 0.5) is 0 Å². The van der Waals surface area contributed by atoms with E-state index in [0.717, 1.165) is 32.2 Å². The number of hydrogen-bond donors (Lipinski definition) is 2. The molecule has 5 nitrogen and oxygen atoms in total. The van der Waals surface area contributed by atoms with Gasteiger partial charge in [0.15, 0.2) is 0 Å². The molecule has 1 unspecified atom stereocenters. The van der Waals surface area contributed by atoms with Gasteiger partial charge in [0.2, 0.25) is 11.8 Å². The molecule has 0 aliphatic carbocycles. The minimum atomic E-state index is -0.446. The number of carbonyl (C=O) groups is 2. The van der Waals surface area contributed by atoms with Gasteiger partial charge in [-0.1, -0.05) is 13.3 Å². The minimum absolute atomic E-state index is 0.0111. The molecular weight excluding hydrogens is 242 g/mol. The first-order valence-corrected chi connectivity index (χ1v) is 7.40. The van der Waals surface area contributed by atoms with Gasteiger partial charge >= 0.3 is 0 Å². The van der Waals surface area contributed by atoms with Crippen molar-refractivity contribution < 1.29 is 9.59 Å². The molecule has 2 amide bonds. The summed E-state index contributed by atoms with van der Waals surface area (Å²) in [5, 5.41) is 6.12. The fourth-order valence-electron chi connectivity index (χ4n) is 2.77. The van der Waals surface area contributed by atoms with Crippen molar-refractivity contribution in [3.8, 4) is 0 Å². The van der Waals surface area contributed by atoms with Gasteiger partial charge in [0.1, 0.15) is 0 Å². The number of hydrogen-bond acceptors (Lipinski definition) is 3. The molecule has 0 spiro atoms. The third-order valence-electron chi connectivity index (χ3n) is 3.87. The maximum atomic E-state index is 12.3. The Morgan fingerprint density at radius 3 is 2.42 bits per heavy atom. The Morgan fingerprint density at radius 2 is 1.95 bits per heavy atom. The van der Waals surface area contributed by atoms with Crippen LogP contribution in [0.25, 0.3) is 0 Å². The predicted octanol–water partition coefficient (Wildman–Crippen LogP) is 0.893. The molecule has 110 valence electrons. The van der Waals surface area contributed by atoms with Crippen molar-refractivity contribution in [3.05, 3.63) is 0 Å². The van der Waals surface area contributed by atoms with E-state index in [2.05, 4.69) is 17.6 Å². The maximum absolute atomic E-state index is 12.3. The molecule has 0 radical (unpaired) electrons. The second-order valence-corrected chi connectivity index (χ2v) is 5.11. The molecule has 1 fully saturated rings. The SMILES string of the molecule is CCCC1(C(=O)NCC(=O)N(CC)CC)CCCN1. The summed E-state index contributed by atoms with van der Waals surface area (Å²) in [4.78, 5) is 25.9. The van der Waals surface area contributed by atoms with Crippen molar-refractivity contribution in [1.82, 2.24) is 15.5 Å². The highest BCUT2D eigenvalue weighted by molar-refractivity contribution is 5.90. The van der Waals surface area contributed by atoms with Crippen molar-refractivity contribution >= 4 is 11.8 Å². The van der Waals surface area contributed by atoms with Gasteiger partial charge in [-0.15, -0.1) is 0 Å². The van der Waals surface area contributed by atoms with E-state index >= 15 is 0 Å². The van der Waals surface area contributed by atoms with Crippen LogP contribution in [0.3, 0.4) is 0 Å². The van der Waals surface area contributed by atoms with Gasteiger partial charge in [-0.05, 0) is 39.7 Å². The third kappa shape index (κ3) is 3.93. The van der Waals surface area contributed by atoms with Crippen LogP contribution in [-0.2, 0) is 9.59 Å². The summed E-state index contributed by atoms with van der Waals surface area (Å²) >= 11 is 0. The lowest BCUT2D eigenvalue weighted by molar-refractivity contribution is -0.134. The fourth-order valence-corrected chi connectivity index (χ4v) is 2.77. The Balaban J connectivity index is 2.51. The Labute approximate surface area is 116 Å². The van der Waals surface area contributed by atoms with Crippen LogP contribution < -0.4 is 10.6 Å². The fraction of sp³-hybridized carbons (Fsp3) is 0.857. The Bertz CT molecular complexity index is 308. The highest BCUT2D eigenvalue weighted by Crippen LogP contribution is 2.24. The number of nitrogens with zero attached hydrogens (tertiary/aromatic N) is 1. The molecule has 1 aliphatic heterocycles. The number of amides is 2. The molecule has 0 aromatic heterocycles. The van der Waals surface area contributed by atoms with Gasteiger partial charge in [0.05, 0.1) is 12.1 Å². The van der Waals surface area contributed by atoms with Crippen molar-refractivity contribution in [1.29, 1.82) is 0 Å². The van der Waals surface area contributed by atoms with E-state index in [1.165, 1.54) is 0 Å². The van der Waals surface area contributed by atoms with Crippen LogP contribution in [0.15, 0.2) is 0 Å². The third-order valence-corrected chi connectivity index (χ3v) is 3.87. The zero-order chi connectivity index (χ0) is 14.3. The second-order valence-electron chi connectivity index (χ2n) is 5.11. The van der Waals surface area contributed by atoms with E-state index in [4.69, 9.17) is 0 Å². The van der Waals surface area contributed by atoms with E-state index in [1.807, 2.05) is 13.8 Å². The second kappa shape index (κ2) is 7.48. The monoisotopic (exact) mass is 269 g/mol. The van der Waals surface area contributed by atoms with E-state index in [1.54, 1.807) is 4.90 Å². The molecule has 2 N–H and O–H groups in total. The first kappa shape index (κ1) is 16.0. The lowest BCUT2D eigenvalue weighted by atomic mass is 9.91. The molecule has 1 aliphatic rings. The van der Waals surface area contributed by atoms with Gasteiger partial charge in [-0.3, -0.25) is 9.59 Å². The molecule has 19 heavy (non-hydrogen) atoms. The van der Waals surface area contributed by atoms with Gasteiger partial charge in [0, 0.05) is 13.1 Å². The number of carbonyl (C=O) groups excluding carboxylic acids is 2. The molecular formula is C14H27N3O2. The van der Waals surface area contributed by atoms with Crippen molar-refractivity contribution in [2.45, 2.75) is 52.0 Å². The van der Waals surface area contributed by atoms with Crippen molar-refractivity contribution in [3.63, 3.8) is 0 Å². The molecule has 5 heteroatoms. The molecule has 1 heterocycles. The first-order chi connectivity index (χ1) is 9.09. The van der Waals surface area contributed by atoms with Crippen LogP contribution >= 0.6 is 0 Å². The van der Waals surface area contributed by atoms with Gasteiger partial charge in [0.25, 0.3) is 0 Å². The lowest BCUT2D eigenvalue weighted by Crippen LogP contribution is -2.55. The Kier molecular flexibility index (Phi) is 6.28. The van der Waals surface area contributed by atoms with E-state index < -0.39 is 5.54 Å². The molecule has 1 atom stereocenters. The van der Waals surface area contributed by atoms with E-state index in [0.29, 0.717) is 13.1 Å². The maximum Gasteiger partial charge on any atom is 0.241 e. The van der Waals surface area contributed by atoms with E-state index in [9.17, 15) is 9.59 Å². The quantitative estimate of drug-likeness (QED) is 0.721. The Morgan fingerprint density at radius 1 is 1.26 bits per heavy atom. The largest absolute Gasteiger partial charge is 0.345 e. The highest BCUT2D eigenvalue weighted by Gasteiger charge is 2.39. The summed E-state index contributed by atoms with van der Waals surface area (Å²) in [6.07, 6.45) is 3.69. The van der Waals surface area contributed by atoms with Gasteiger partial charge in [-0.2, -0.15) is 0 Å². The molecule has 0 saturated carbocycles. The van der Waals surface area contributed by atoms with Crippen LogP contribution in [0, 0.1) is 0 Å². The molecule has 0 aromatic rings. The summed E-state index contributed by atoms with van der Waals surface area (Å²) in [5.74, 6) is -0.0321. The standard InChI is InChI=1S/C14H27N3O2/c1-4-8-14(9-7-10-16-14)13(19)15-11-12(18)17(5-2)6-3/h16H,4-11H2,1-3H3,(H,15,19). The molecule has 1 rings (SSSR count). The summed E-state index contributed by atoms with van der Waals surface area (Å²) < 4.78 is 0. The average Bonchev–Trinajstić information content (AvgIpc) is 2.87. The zero-order valence-electron chi connectivity index (χ0n) is 12.4. The highest BCUT2D eigenvalue weighted by atomic mass is 16.2. The number of nitrogens with one attached hydrogen (secondary N) is 2. The zero-order valence-corrected chi connectivity index (χ0v) is 12.4.